The molecule has 0 spiro atoms. The second-order valence-corrected chi connectivity index (χ2v) is 17.7. The van der Waals surface area contributed by atoms with Gasteiger partial charge in [0.25, 0.3) is 11.8 Å². The van der Waals surface area contributed by atoms with Crippen molar-refractivity contribution in [1.82, 2.24) is 14.8 Å². The number of hydrogen-bond acceptors (Lipinski definition) is 8. The Labute approximate surface area is 354 Å². The first-order valence-electron chi connectivity index (χ1n) is 19.6. The number of methoxy groups -OCH3 is 1. The molecule has 3 aliphatic heterocycles. The molecule has 1 saturated carbocycles. The second-order valence-electron chi connectivity index (χ2n) is 16.0. The highest BCUT2D eigenvalue weighted by molar-refractivity contribution is 9.10. The molecule has 4 amide bonds. The molecule has 0 radical (unpaired) electrons. The van der Waals surface area contributed by atoms with E-state index in [1.54, 1.807) is 61.7 Å². The third-order valence-corrected chi connectivity index (χ3v) is 14.1. The molecule has 3 saturated heterocycles. The molecule has 6 unspecified atom stereocenters. The Bertz CT molecular complexity index is 2350. The number of fused-ring (bicyclic) bond motifs is 4. The quantitative estimate of drug-likeness (QED) is 0.135. The zero-order valence-electron chi connectivity index (χ0n) is 31.6. The number of aromatic hydroxyl groups is 1. The maximum absolute atomic E-state index is 15.5. The number of nitrogens with zero attached hydrogens (tertiary/aromatic N) is 3. The fourth-order valence-electron chi connectivity index (χ4n) is 10.5. The molecule has 4 aromatic rings. The monoisotopic (exact) mass is 882 g/mol. The van der Waals surface area contributed by atoms with Gasteiger partial charge in [0.05, 0.1) is 41.0 Å². The number of phenolic OH excluding ortho intramolecular Hbond substituents is 1. The zero-order valence-corrected chi connectivity index (χ0v) is 34.7. The summed E-state index contributed by atoms with van der Waals surface area (Å²) in [4.78, 5) is 63.7. The number of amides is 4. The first-order chi connectivity index (χ1) is 28.0. The Morgan fingerprint density at radius 2 is 1.62 bits per heavy atom. The van der Waals surface area contributed by atoms with Crippen LogP contribution in [-0.4, -0.2) is 69.8 Å². The molecular weight excluding hydrogens is 843 g/mol. The van der Waals surface area contributed by atoms with Gasteiger partial charge >= 0.3 is 0 Å². The van der Waals surface area contributed by atoms with E-state index in [9.17, 15) is 14.7 Å². The summed E-state index contributed by atoms with van der Waals surface area (Å²) in [6.07, 6.45) is 3.77. The highest BCUT2D eigenvalue weighted by Crippen LogP contribution is 2.65. The second kappa shape index (κ2) is 15.2. The summed E-state index contributed by atoms with van der Waals surface area (Å²) in [7, 11) is 1.55. The van der Waals surface area contributed by atoms with Crippen LogP contribution >= 0.6 is 39.1 Å². The van der Waals surface area contributed by atoms with Crippen LogP contribution in [0.15, 0.2) is 107 Å². The van der Waals surface area contributed by atoms with E-state index < -0.39 is 46.8 Å². The lowest BCUT2D eigenvalue weighted by atomic mass is 9.49. The summed E-state index contributed by atoms with van der Waals surface area (Å²) < 4.78 is 6.16. The predicted molar refractivity (Wildman–Crippen MR) is 223 cm³/mol. The van der Waals surface area contributed by atoms with Gasteiger partial charge in [-0.25, -0.2) is 0 Å². The Morgan fingerprint density at radius 1 is 0.879 bits per heavy atom. The van der Waals surface area contributed by atoms with Gasteiger partial charge in [0, 0.05) is 46.7 Å². The largest absolute Gasteiger partial charge is 0.508 e. The minimum absolute atomic E-state index is 0.0615. The fraction of sp³-hybridized carbons (Fsp3) is 0.333. The van der Waals surface area contributed by atoms with E-state index in [0.29, 0.717) is 51.3 Å². The molecule has 58 heavy (non-hydrogen) atoms. The minimum atomic E-state index is -1.58. The van der Waals surface area contributed by atoms with Crippen LogP contribution < -0.4 is 10.2 Å². The molecular formula is C45H41BrCl2N4O6. The normalized spacial score (nSPS) is 27.3. The Hall–Kier alpha value is -4.68. The minimum Gasteiger partial charge on any atom is -0.508 e. The average molecular weight is 885 g/mol. The van der Waals surface area contributed by atoms with E-state index in [-0.39, 0.29) is 35.0 Å². The summed E-state index contributed by atoms with van der Waals surface area (Å²) in [5, 5.41) is 13.3. The number of rotatable bonds is 8. The molecule has 4 fully saturated rings. The first-order valence-corrected chi connectivity index (χ1v) is 21.1. The molecule has 5 aliphatic rings. The molecule has 2 aliphatic carbocycles. The lowest BCUT2D eigenvalue weighted by Crippen LogP contribution is -2.53. The highest BCUT2D eigenvalue weighted by Gasteiger charge is 2.71. The van der Waals surface area contributed by atoms with Crippen molar-refractivity contribution in [3.05, 3.63) is 134 Å². The molecule has 9 rings (SSSR count). The van der Waals surface area contributed by atoms with E-state index in [0.717, 1.165) is 30.2 Å². The van der Waals surface area contributed by atoms with Crippen LogP contribution in [0.4, 0.5) is 5.69 Å². The molecule has 0 aromatic heterocycles. The highest BCUT2D eigenvalue weighted by atomic mass is 79.9. The molecule has 298 valence electrons. The fourth-order valence-corrected chi connectivity index (χ4v) is 11.3. The molecule has 6 atom stereocenters. The van der Waals surface area contributed by atoms with Gasteiger partial charge in [0.1, 0.15) is 11.5 Å². The van der Waals surface area contributed by atoms with E-state index in [4.69, 9.17) is 27.9 Å². The summed E-state index contributed by atoms with van der Waals surface area (Å²) in [5.41, 5.74) is 4.69. The summed E-state index contributed by atoms with van der Waals surface area (Å²) in [5.74, 6) is -4.72. The number of hydrogen-bond donors (Lipinski definition) is 2. The number of anilines is 1. The number of carbonyl (C=O) groups is 4. The number of nitrogens with one attached hydrogen (secondary N) is 1. The van der Waals surface area contributed by atoms with Crippen LogP contribution in [0.5, 0.6) is 11.5 Å². The maximum atomic E-state index is 15.5. The lowest BCUT2D eigenvalue weighted by molar-refractivity contribution is -0.144. The van der Waals surface area contributed by atoms with Crippen molar-refractivity contribution in [3.63, 3.8) is 0 Å². The third kappa shape index (κ3) is 6.24. The van der Waals surface area contributed by atoms with Crippen LogP contribution in [0.1, 0.15) is 48.3 Å². The smallest absolute Gasteiger partial charge is 0.260 e. The van der Waals surface area contributed by atoms with Crippen molar-refractivity contribution in [1.29, 1.82) is 0 Å². The van der Waals surface area contributed by atoms with Gasteiger partial charge in [-0.2, -0.15) is 5.01 Å². The number of imide groups is 2. The Kier molecular flexibility index (Phi) is 10.2. The number of hydrazine groups is 1. The van der Waals surface area contributed by atoms with Crippen molar-refractivity contribution in [3.8, 4) is 11.5 Å². The third-order valence-electron chi connectivity index (χ3n) is 13.1. The van der Waals surface area contributed by atoms with Crippen molar-refractivity contribution < 1.29 is 29.0 Å². The van der Waals surface area contributed by atoms with Crippen LogP contribution in [0.25, 0.3) is 0 Å². The SMILES string of the molecule is COc1ccc(C23C(=O)N(Nc4ccc(Cl)cc4Cl)C(=O)C2CC2C(=CCC4C(=O)N(C5CCN(Cc6ccccc6)CC5)C(=O)C42)C3c2cc(Br)ccc2O)cc1. The number of phenols is 1. The van der Waals surface area contributed by atoms with Gasteiger partial charge < -0.3 is 9.84 Å². The van der Waals surface area contributed by atoms with Gasteiger partial charge in [-0.1, -0.05) is 93.2 Å². The van der Waals surface area contributed by atoms with Gasteiger partial charge in [0.15, 0.2) is 0 Å². The number of benzene rings is 4. The number of ether oxygens (including phenoxy) is 1. The van der Waals surface area contributed by atoms with Gasteiger partial charge in [0.2, 0.25) is 11.8 Å². The van der Waals surface area contributed by atoms with E-state index in [2.05, 4.69) is 38.4 Å². The molecule has 0 bridgehead atoms. The number of likely N-dealkylation sites (tertiary alicyclic amines) is 2. The van der Waals surface area contributed by atoms with Crippen molar-refractivity contribution in [2.24, 2.45) is 23.7 Å². The van der Waals surface area contributed by atoms with E-state index >= 15 is 9.59 Å². The number of allylic oxidation sites excluding steroid dienone is 2. The zero-order chi connectivity index (χ0) is 40.5. The predicted octanol–water partition coefficient (Wildman–Crippen LogP) is 8.12. The molecule has 13 heteroatoms. The number of carbonyl (C=O) groups excluding carboxylic acids is 4. The average Bonchev–Trinajstić information content (AvgIpc) is 3.61. The summed E-state index contributed by atoms with van der Waals surface area (Å²) >= 11 is 16.4. The maximum Gasteiger partial charge on any atom is 0.260 e. The summed E-state index contributed by atoms with van der Waals surface area (Å²) in [6.45, 7) is 2.32. The standard InChI is InChI=1S/C45H41BrCl2N4O6/c1-58-30-11-7-26(8-12-30)45-35(42(55)52(44(45)57)49-37-15-10-28(47)22-36(37)48)23-33-31(40(45)34-21-27(46)9-16-38(34)53)13-14-32-39(33)43(56)51(41(32)54)29-17-19-50(20-18-29)24-25-5-3-2-4-6-25/h2-13,15-16,21-22,29,32-33,35,39-40,49,53H,14,17-20,23-24H2,1H3. The molecule has 2 N–H and O–H groups in total. The van der Waals surface area contributed by atoms with E-state index in [1.165, 1.54) is 16.5 Å². The summed E-state index contributed by atoms with van der Waals surface area (Å²) in [6, 6.07) is 26.9. The first kappa shape index (κ1) is 38.8. The van der Waals surface area contributed by atoms with Crippen molar-refractivity contribution >= 4 is 68.4 Å². The lowest BCUT2D eigenvalue weighted by Gasteiger charge is -2.50. The van der Waals surface area contributed by atoms with Gasteiger partial charge in [-0.3, -0.25) is 34.4 Å². The van der Waals surface area contributed by atoms with Crippen molar-refractivity contribution in [2.75, 3.05) is 25.6 Å². The van der Waals surface area contributed by atoms with Crippen LogP contribution in [0.3, 0.4) is 0 Å². The Balaban J connectivity index is 1.13. The number of halogens is 3. The van der Waals surface area contributed by atoms with Gasteiger partial charge in [-0.15, -0.1) is 0 Å². The molecule has 4 aromatic carbocycles. The van der Waals surface area contributed by atoms with Crippen molar-refractivity contribution in [2.45, 2.75) is 49.6 Å². The molecule has 10 nitrogen and oxygen atoms in total. The van der Waals surface area contributed by atoms with E-state index in [1.807, 2.05) is 24.3 Å². The Morgan fingerprint density at radius 3 is 2.33 bits per heavy atom. The topological polar surface area (TPSA) is 119 Å². The molecule has 3 heterocycles. The van der Waals surface area contributed by atoms with Crippen LogP contribution in [-0.2, 0) is 31.1 Å². The van der Waals surface area contributed by atoms with Crippen LogP contribution in [0, 0.1) is 23.7 Å². The number of piperidine rings is 1. The van der Waals surface area contributed by atoms with Gasteiger partial charge in [-0.05, 0) is 91.3 Å². The van der Waals surface area contributed by atoms with Crippen LogP contribution in [0.2, 0.25) is 10.0 Å².